The van der Waals surface area contributed by atoms with E-state index in [0.717, 1.165) is 25.7 Å². The predicted molar refractivity (Wildman–Crippen MR) is 83.7 cm³/mol. The molecule has 0 amide bonds. The van der Waals surface area contributed by atoms with Gasteiger partial charge in [0.1, 0.15) is 0 Å². The Bertz CT molecular complexity index is 541. The van der Waals surface area contributed by atoms with Crippen molar-refractivity contribution in [2.75, 3.05) is 14.2 Å². The van der Waals surface area contributed by atoms with Crippen molar-refractivity contribution in [3.05, 3.63) is 22.7 Å². The molecule has 0 aliphatic heterocycles. The standard InChI is InChI=1S/C17H24O6/c1-11-12(9-7-5-4-6-8-10-13(18)19)15(21)17(23-3)16(22-2)14(11)20/h4-10H2,1-3H3,(H,18,19). The number of ether oxygens (including phenoxy) is 2. The topological polar surface area (TPSA) is 89.9 Å². The SMILES string of the molecule is COC1=C(OC)C(=O)C(CCCCCCCC(=O)O)=C(C)C1=O. The predicted octanol–water partition coefficient (Wildman–Crippen LogP) is 2.77. The number of allylic oxidation sites excluding steroid dienone is 2. The van der Waals surface area contributed by atoms with Gasteiger partial charge in [-0.2, -0.15) is 0 Å². The minimum Gasteiger partial charge on any atom is -0.489 e. The van der Waals surface area contributed by atoms with E-state index in [1.807, 2.05) is 0 Å². The average Bonchev–Trinajstić information content (AvgIpc) is 2.52. The van der Waals surface area contributed by atoms with Crippen molar-refractivity contribution in [3.8, 4) is 0 Å². The van der Waals surface area contributed by atoms with Gasteiger partial charge in [0.05, 0.1) is 14.2 Å². The third-order valence-corrected chi connectivity index (χ3v) is 3.91. The van der Waals surface area contributed by atoms with Crippen LogP contribution in [0.2, 0.25) is 0 Å². The van der Waals surface area contributed by atoms with Gasteiger partial charge in [-0.05, 0) is 26.2 Å². The highest BCUT2D eigenvalue weighted by Crippen LogP contribution is 2.28. The largest absolute Gasteiger partial charge is 0.489 e. The number of methoxy groups -OCH3 is 2. The maximum Gasteiger partial charge on any atom is 0.303 e. The molecule has 6 nitrogen and oxygen atoms in total. The third-order valence-electron chi connectivity index (χ3n) is 3.91. The summed E-state index contributed by atoms with van der Waals surface area (Å²) in [5.74, 6) is -1.43. The van der Waals surface area contributed by atoms with Crippen molar-refractivity contribution >= 4 is 17.5 Å². The summed E-state index contributed by atoms with van der Waals surface area (Å²) in [6.07, 6.45) is 4.81. The van der Waals surface area contributed by atoms with Crippen molar-refractivity contribution < 1.29 is 29.0 Å². The molecule has 0 saturated carbocycles. The van der Waals surface area contributed by atoms with Crippen LogP contribution >= 0.6 is 0 Å². The number of hydrogen-bond donors (Lipinski definition) is 1. The molecule has 1 rings (SSSR count). The van der Waals surface area contributed by atoms with E-state index in [-0.39, 0.29) is 29.5 Å². The van der Waals surface area contributed by atoms with Crippen molar-refractivity contribution in [1.82, 2.24) is 0 Å². The highest BCUT2D eigenvalue weighted by Gasteiger charge is 2.34. The summed E-state index contributed by atoms with van der Waals surface area (Å²) in [7, 11) is 2.69. The number of rotatable bonds is 10. The Balaban J connectivity index is 2.53. The Morgan fingerprint density at radius 1 is 0.913 bits per heavy atom. The zero-order valence-corrected chi connectivity index (χ0v) is 13.9. The van der Waals surface area contributed by atoms with Gasteiger partial charge in [-0.15, -0.1) is 0 Å². The number of hydrogen-bond acceptors (Lipinski definition) is 5. The van der Waals surface area contributed by atoms with E-state index in [9.17, 15) is 14.4 Å². The van der Waals surface area contributed by atoms with Gasteiger partial charge in [-0.25, -0.2) is 0 Å². The maximum atomic E-state index is 12.4. The smallest absolute Gasteiger partial charge is 0.303 e. The van der Waals surface area contributed by atoms with Gasteiger partial charge in [0, 0.05) is 17.6 Å². The highest BCUT2D eigenvalue weighted by molar-refractivity contribution is 6.23. The molecule has 6 heteroatoms. The number of carbonyl (C=O) groups is 3. The van der Waals surface area contributed by atoms with E-state index in [1.165, 1.54) is 14.2 Å². The number of carboxylic acids is 1. The summed E-state index contributed by atoms with van der Waals surface area (Å²) in [6, 6.07) is 0. The summed E-state index contributed by atoms with van der Waals surface area (Å²) >= 11 is 0. The van der Waals surface area contributed by atoms with Crippen LogP contribution in [0.15, 0.2) is 22.7 Å². The first-order chi connectivity index (χ1) is 10.9. The van der Waals surface area contributed by atoms with E-state index < -0.39 is 5.97 Å². The molecule has 0 heterocycles. The minimum atomic E-state index is -0.773. The second-order valence-corrected chi connectivity index (χ2v) is 5.49. The van der Waals surface area contributed by atoms with Gasteiger partial charge in [-0.1, -0.05) is 19.3 Å². The van der Waals surface area contributed by atoms with Crippen LogP contribution in [0.25, 0.3) is 0 Å². The molecule has 0 fully saturated rings. The molecule has 1 N–H and O–H groups in total. The number of unbranched alkanes of at least 4 members (excludes halogenated alkanes) is 4. The number of carboxylic acid groups (broad SMARTS) is 1. The molecule has 0 aromatic carbocycles. The number of carbonyl (C=O) groups excluding carboxylic acids is 2. The van der Waals surface area contributed by atoms with Gasteiger partial charge in [0.2, 0.25) is 23.1 Å². The van der Waals surface area contributed by atoms with E-state index in [1.54, 1.807) is 6.92 Å². The Morgan fingerprint density at radius 3 is 2.00 bits per heavy atom. The molecule has 0 saturated heterocycles. The second-order valence-electron chi connectivity index (χ2n) is 5.49. The van der Waals surface area contributed by atoms with Crippen molar-refractivity contribution in [3.63, 3.8) is 0 Å². The van der Waals surface area contributed by atoms with Crippen molar-refractivity contribution in [2.24, 2.45) is 0 Å². The molecule has 0 spiro atoms. The van der Waals surface area contributed by atoms with Crippen LogP contribution in [0.1, 0.15) is 51.9 Å². The first-order valence-electron chi connectivity index (χ1n) is 7.77. The lowest BCUT2D eigenvalue weighted by Crippen LogP contribution is -2.25. The van der Waals surface area contributed by atoms with E-state index in [0.29, 0.717) is 24.0 Å². The zero-order valence-electron chi connectivity index (χ0n) is 13.9. The van der Waals surface area contributed by atoms with Crippen LogP contribution < -0.4 is 0 Å². The number of ketones is 2. The number of aliphatic carboxylic acids is 1. The van der Waals surface area contributed by atoms with Crippen LogP contribution in [0, 0.1) is 0 Å². The van der Waals surface area contributed by atoms with Crippen LogP contribution in [-0.2, 0) is 23.9 Å². The summed E-state index contributed by atoms with van der Waals surface area (Å²) in [4.78, 5) is 35.0. The molecule has 1 aliphatic rings. The monoisotopic (exact) mass is 324 g/mol. The van der Waals surface area contributed by atoms with E-state index >= 15 is 0 Å². The Kier molecular flexibility index (Phi) is 7.51. The van der Waals surface area contributed by atoms with E-state index in [4.69, 9.17) is 14.6 Å². The summed E-state index contributed by atoms with van der Waals surface area (Å²) in [5, 5.41) is 8.56. The molecule has 0 aromatic rings. The van der Waals surface area contributed by atoms with Gasteiger partial charge in [0.15, 0.2) is 0 Å². The molecular formula is C17H24O6. The molecule has 0 radical (unpaired) electrons. The maximum absolute atomic E-state index is 12.4. The Hall–Kier alpha value is -2.11. The van der Waals surface area contributed by atoms with Crippen LogP contribution in [0.3, 0.4) is 0 Å². The lowest BCUT2D eigenvalue weighted by molar-refractivity contribution is -0.137. The van der Waals surface area contributed by atoms with Gasteiger partial charge < -0.3 is 14.6 Å². The van der Waals surface area contributed by atoms with Crippen LogP contribution in [0.4, 0.5) is 0 Å². The van der Waals surface area contributed by atoms with Crippen molar-refractivity contribution in [2.45, 2.75) is 51.9 Å². The molecule has 0 aromatic heterocycles. The lowest BCUT2D eigenvalue weighted by atomic mass is 9.89. The summed E-state index contributed by atoms with van der Waals surface area (Å²) < 4.78 is 10.0. The van der Waals surface area contributed by atoms with Gasteiger partial charge in [0.25, 0.3) is 0 Å². The van der Waals surface area contributed by atoms with E-state index in [2.05, 4.69) is 0 Å². The lowest BCUT2D eigenvalue weighted by Gasteiger charge is -2.20. The number of Topliss-reactive ketones (excluding diaryl/α,β-unsaturated/α-hetero) is 2. The fourth-order valence-electron chi connectivity index (χ4n) is 2.60. The average molecular weight is 324 g/mol. The summed E-state index contributed by atoms with van der Waals surface area (Å²) in [6.45, 7) is 1.63. The van der Waals surface area contributed by atoms with Crippen molar-refractivity contribution in [1.29, 1.82) is 0 Å². The minimum absolute atomic E-state index is 0.0282. The third kappa shape index (κ3) is 4.94. The second kappa shape index (κ2) is 9.12. The molecule has 0 bridgehead atoms. The quantitative estimate of drug-likeness (QED) is 0.491. The first-order valence-corrected chi connectivity index (χ1v) is 7.77. The fourth-order valence-corrected chi connectivity index (χ4v) is 2.60. The Morgan fingerprint density at radius 2 is 1.43 bits per heavy atom. The molecule has 128 valence electrons. The molecule has 23 heavy (non-hydrogen) atoms. The Labute approximate surface area is 136 Å². The zero-order chi connectivity index (χ0) is 17.4. The first kappa shape index (κ1) is 18.9. The fraction of sp³-hybridized carbons (Fsp3) is 0.588. The molecule has 0 unspecified atom stereocenters. The van der Waals surface area contributed by atoms with Crippen LogP contribution in [-0.4, -0.2) is 36.9 Å². The highest BCUT2D eigenvalue weighted by atomic mass is 16.5. The molecular weight excluding hydrogens is 300 g/mol. The van der Waals surface area contributed by atoms with Gasteiger partial charge in [-0.3, -0.25) is 14.4 Å². The van der Waals surface area contributed by atoms with Gasteiger partial charge >= 0.3 is 5.97 Å². The molecule has 1 aliphatic carbocycles. The summed E-state index contributed by atoms with van der Waals surface area (Å²) in [5.41, 5.74) is 0.900. The van der Waals surface area contributed by atoms with Crippen LogP contribution in [0.5, 0.6) is 0 Å². The normalized spacial score (nSPS) is 15.3. The molecule has 0 atom stereocenters.